The number of halogens is 1. The van der Waals surface area contributed by atoms with E-state index in [0.717, 1.165) is 18.4 Å². The molecule has 1 atom stereocenters. The second kappa shape index (κ2) is 6.06. The number of carbonyl (C=O) groups excluding carboxylic acids is 1. The molecular weight excluding hydrogens is 234 g/mol. The van der Waals surface area contributed by atoms with Gasteiger partial charge in [-0.3, -0.25) is 4.79 Å². The van der Waals surface area contributed by atoms with Crippen LogP contribution in [-0.4, -0.2) is 11.4 Å². The first kappa shape index (κ1) is 14.0. The third-order valence-corrected chi connectivity index (χ3v) is 3.11. The predicted octanol–water partition coefficient (Wildman–Crippen LogP) is 3.66. The van der Waals surface area contributed by atoms with Crippen LogP contribution >= 0.6 is 11.6 Å². The molecule has 17 heavy (non-hydrogen) atoms. The van der Waals surface area contributed by atoms with Gasteiger partial charge in [0, 0.05) is 5.54 Å². The molecule has 0 saturated carbocycles. The van der Waals surface area contributed by atoms with Gasteiger partial charge in [-0.05, 0) is 25.8 Å². The molecule has 0 radical (unpaired) electrons. The molecule has 1 aromatic carbocycles. The summed E-state index contributed by atoms with van der Waals surface area (Å²) < 4.78 is 0. The first-order valence-corrected chi connectivity index (χ1v) is 6.41. The quantitative estimate of drug-likeness (QED) is 0.798. The molecule has 0 aliphatic rings. The van der Waals surface area contributed by atoms with Crippen molar-refractivity contribution in [1.29, 1.82) is 0 Å². The zero-order chi connectivity index (χ0) is 12.9. The summed E-state index contributed by atoms with van der Waals surface area (Å²) in [5.41, 5.74) is 0.632. The molecule has 1 rings (SSSR count). The number of hydrogen-bond acceptors (Lipinski definition) is 1. The lowest BCUT2D eigenvalue weighted by molar-refractivity contribution is -0.122. The van der Waals surface area contributed by atoms with Crippen molar-refractivity contribution in [2.24, 2.45) is 0 Å². The van der Waals surface area contributed by atoms with Crippen LogP contribution in [0.1, 0.15) is 44.6 Å². The molecule has 0 aliphatic heterocycles. The Morgan fingerprint density at radius 2 is 1.94 bits per heavy atom. The van der Waals surface area contributed by atoms with Crippen molar-refractivity contribution in [1.82, 2.24) is 5.32 Å². The fourth-order valence-corrected chi connectivity index (χ4v) is 2.06. The normalized spacial score (nSPS) is 13.2. The Labute approximate surface area is 108 Å². The molecule has 0 bridgehead atoms. The van der Waals surface area contributed by atoms with Gasteiger partial charge in [0.05, 0.1) is 0 Å². The second-order valence-corrected chi connectivity index (χ2v) is 5.33. The van der Waals surface area contributed by atoms with Gasteiger partial charge < -0.3 is 5.32 Å². The number of rotatable bonds is 5. The van der Waals surface area contributed by atoms with Crippen molar-refractivity contribution in [2.75, 3.05) is 0 Å². The molecule has 1 aromatic rings. The van der Waals surface area contributed by atoms with Crippen LogP contribution in [0, 0.1) is 0 Å². The van der Waals surface area contributed by atoms with Crippen LogP contribution in [-0.2, 0) is 4.79 Å². The maximum absolute atomic E-state index is 12.0. The van der Waals surface area contributed by atoms with Gasteiger partial charge in [0.15, 0.2) is 0 Å². The van der Waals surface area contributed by atoms with Gasteiger partial charge in [-0.15, -0.1) is 11.6 Å². The molecule has 0 heterocycles. The number of hydrogen-bond donors (Lipinski definition) is 1. The molecule has 2 nitrogen and oxygen atoms in total. The Balaban J connectivity index is 2.65. The van der Waals surface area contributed by atoms with Crippen LogP contribution < -0.4 is 5.32 Å². The second-order valence-electron chi connectivity index (χ2n) is 4.90. The van der Waals surface area contributed by atoms with Gasteiger partial charge in [-0.25, -0.2) is 0 Å². The van der Waals surface area contributed by atoms with Gasteiger partial charge in [0.1, 0.15) is 5.38 Å². The molecular formula is C14H20ClNO. The summed E-state index contributed by atoms with van der Waals surface area (Å²) in [6, 6.07) is 9.41. The fourth-order valence-electron chi connectivity index (χ4n) is 1.86. The third-order valence-electron chi connectivity index (χ3n) is 2.66. The molecule has 0 saturated heterocycles. The van der Waals surface area contributed by atoms with E-state index in [4.69, 9.17) is 11.6 Å². The lowest BCUT2D eigenvalue weighted by atomic mass is 9.98. The molecule has 0 spiro atoms. The minimum atomic E-state index is -0.618. The lowest BCUT2D eigenvalue weighted by Gasteiger charge is -2.27. The molecule has 1 N–H and O–H groups in total. The molecule has 0 aliphatic carbocycles. The zero-order valence-corrected chi connectivity index (χ0v) is 11.4. The van der Waals surface area contributed by atoms with Gasteiger partial charge in [-0.2, -0.15) is 0 Å². The Morgan fingerprint density at radius 1 is 1.35 bits per heavy atom. The summed E-state index contributed by atoms with van der Waals surface area (Å²) in [6.45, 7) is 6.13. The van der Waals surface area contributed by atoms with Crippen molar-refractivity contribution in [3.05, 3.63) is 35.9 Å². The number of amides is 1. The highest BCUT2D eigenvalue weighted by Crippen LogP contribution is 2.22. The van der Waals surface area contributed by atoms with E-state index < -0.39 is 5.38 Å². The number of nitrogens with one attached hydrogen (secondary N) is 1. The summed E-state index contributed by atoms with van der Waals surface area (Å²) in [4.78, 5) is 12.0. The lowest BCUT2D eigenvalue weighted by Crippen LogP contribution is -2.44. The van der Waals surface area contributed by atoms with Crippen LogP contribution in [0.4, 0.5) is 0 Å². The van der Waals surface area contributed by atoms with Crippen LogP contribution in [0.15, 0.2) is 30.3 Å². The topological polar surface area (TPSA) is 29.1 Å². The fraction of sp³-hybridized carbons (Fsp3) is 0.500. The minimum absolute atomic E-state index is 0.128. The van der Waals surface area contributed by atoms with Gasteiger partial charge in [0.25, 0.3) is 0 Å². The van der Waals surface area contributed by atoms with Crippen LogP contribution in [0.3, 0.4) is 0 Å². The largest absolute Gasteiger partial charge is 0.350 e. The van der Waals surface area contributed by atoms with Crippen molar-refractivity contribution in [2.45, 2.75) is 44.5 Å². The molecule has 94 valence electrons. The molecule has 1 amide bonds. The summed E-state index contributed by atoms with van der Waals surface area (Å²) in [7, 11) is 0. The van der Waals surface area contributed by atoms with Crippen molar-refractivity contribution in [3.63, 3.8) is 0 Å². The number of carbonyl (C=O) groups is 1. The summed E-state index contributed by atoms with van der Waals surface area (Å²) in [6.07, 6.45) is 1.97. The van der Waals surface area contributed by atoms with E-state index >= 15 is 0 Å². The molecule has 1 unspecified atom stereocenters. The number of alkyl halides is 1. The predicted molar refractivity (Wildman–Crippen MR) is 72.2 cm³/mol. The van der Waals surface area contributed by atoms with Crippen molar-refractivity contribution < 1.29 is 4.79 Å². The van der Waals surface area contributed by atoms with E-state index in [2.05, 4.69) is 12.2 Å². The van der Waals surface area contributed by atoms with Gasteiger partial charge >= 0.3 is 0 Å². The van der Waals surface area contributed by atoms with E-state index in [1.807, 2.05) is 44.2 Å². The third kappa shape index (κ3) is 4.39. The van der Waals surface area contributed by atoms with Gasteiger partial charge in [-0.1, -0.05) is 43.7 Å². The van der Waals surface area contributed by atoms with E-state index in [0.29, 0.717) is 0 Å². The maximum Gasteiger partial charge on any atom is 0.243 e. The van der Waals surface area contributed by atoms with E-state index in [-0.39, 0.29) is 11.4 Å². The van der Waals surface area contributed by atoms with Crippen molar-refractivity contribution >= 4 is 17.5 Å². The first-order chi connectivity index (χ1) is 7.96. The molecule has 0 aromatic heterocycles. The maximum atomic E-state index is 12.0. The summed E-state index contributed by atoms with van der Waals surface area (Å²) >= 11 is 6.15. The minimum Gasteiger partial charge on any atom is -0.350 e. The Morgan fingerprint density at radius 3 is 2.47 bits per heavy atom. The van der Waals surface area contributed by atoms with Crippen molar-refractivity contribution in [3.8, 4) is 0 Å². The zero-order valence-electron chi connectivity index (χ0n) is 10.7. The standard InChI is InChI=1S/C14H20ClNO/c1-4-10-14(2,3)16-13(17)12(15)11-8-6-5-7-9-11/h5-9,12H,4,10H2,1-3H3,(H,16,17). The average Bonchev–Trinajstić information content (AvgIpc) is 2.28. The SMILES string of the molecule is CCCC(C)(C)NC(=O)C(Cl)c1ccccc1. The smallest absolute Gasteiger partial charge is 0.243 e. The number of benzene rings is 1. The highest BCUT2D eigenvalue weighted by atomic mass is 35.5. The summed E-state index contributed by atoms with van der Waals surface area (Å²) in [5.74, 6) is -0.128. The average molecular weight is 254 g/mol. The van der Waals surface area contributed by atoms with E-state index in [9.17, 15) is 4.79 Å². The Bertz CT molecular complexity index is 362. The van der Waals surface area contributed by atoms with Gasteiger partial charge in [0.2, 0.25) is 5.91 Å². The Kier molecular flexibility index (Phi) is 5.01. The van der Waals surface area contributed by atoms with E-state index in [1.165, 1.54) is 0 Å². The van der Waals surface area contributed by atoms with Crippen LogP contribution in [0.25, 0.3) is 0 Å². The summed E-state index contributed by atoms with van der Waals surface area (Å²) in [5, 5.41) is 2.37. The molecule has 3 heteroatoms. The van der Waals surface area contributed by atoms with E-state index in [1.54, 1.807) is 0 Å². The van der Waals surface area contributed by atoms with Crippen LogP contribution in [0.2, 0.25) is 0 Å². The van der Waals surface area contributed by atoms with Crippen LogP contribution in [0.5, 0.6) is 0 Å². The first-order valence-electron chi connectivity index (χ1n) is 5.97. The highest BCUT2D eigenvalue weighted by Gasteiger charge is 2.24. The monoisotopic (exact) mass is 253 g/mol. The highest BCUT2D eigenvalue weighted by molar-refractivity contribution is 6.30. The Hall–Kier alpha value is -1.02. The molecule has 0 fully saturated rings.